The highest BCUT2D eigenvalue weighted by Gasteiger charge is 2.29. The van der Waals surface area contributed by atoms with Gasteiger partial charge in [0.05, 0.1) is 38.1 Å². The Bertz CT molecular complexity index is 1020. The molecule has 0 radical (unpaired) electrons. The first-order valence-electron chi connectivity index (χ1n) is 8.35. The van der Waals surface area contributed by atoms with Gasteiger partial charge < -0.3 is 23.7 Å². The third-order valence-corrected chi connectivity index (χ3v) is 4.91. The number of nitrogens with zero attached hydrogens (tertiary/aromatic N) is 3. The SMILES string of the molecule is COc1cc(N2CCn3c(cc4nc(Cl)ccc43)C2=O)cc(OC)c1OC. The predicted molar refractivity (Wildman–Crippen MR) is 103 cm³/mol. The summed E-state index contributed by atoms with van der Waals surface area (Å²) >= 11 is 5.98. The molecule has 0 fully saturated rings. The van der Waals surface area contributed by atoms with Gasteiger partial charge in [0.1, 0.15) is 10.8 Å². The fraction of sp³-hybridized carbons (Fsp3) is 0.263. The van der Waals surface area contributed by atoms with E-state index >= 15 is 0 Å². The van der Waals surface area contributed by atoms with Gasteiger partial charge in [-0.25, -0.2) is 4.98 Å². The van der Waals surface area contributed by atoms with E-state index in [1.54, 1.807) is 50.5 Å². The molecule has 0 unspecified atom stereocenters. The van der Waals surface area contributed by atoms with Gasteiger partial charge in [-0.1, -0.05) is 11.6 Å². The molecule has 1 aliphatic heterocycles. The van der Waals surface area contributed by atoms with Gasteiger partial charge in [0.2, 0.25) is 5.75 Å². The molecule has 1 aliphatic rings. The fourth-order valence-corrected chi connectivity index (χ4v) is 3.60. The molecule has 0 aliphatic carbocycles. The summed E-state index contributed by atoms with van der Waals surface area (Å²) < 4.78 is 18.1. The zero-order chi connectivity index (χ0) is 19.1. The number of pyridine rings is 1. The van der Waals surface area contributed by atoms with E-state index in [0.29, 0.717) is 52.4 Å². The van der Waals surface area contributed by atoms with Crippen molar-refractivity contribution >= 4 is 34.2 Å². The van der Waals surface area contributed by atoms with Gasteiger partial charge in [-0.3, -0.25) is 4.79 Å². The predicted octanol–water partition coefficient (Wildman–Crippen LogP) is 3.38. The molecular weight excluding hydrogens is 370 g/mol. The first-order valence-corrected chi connectivity index (χ1v) is 8.73. The summed E-state index contributed by atoms with van der Waals surface area (Å²) in [5, 5.41) is 0.402. The van der Waals surface area contributed by atoms with Crippen molar-refractivity contribution in [1.82, 2.24) is 9.55 Å². The summed E-state index contributed by atoms with van der Waals surface area (Å²) in [5.41, 5.74) is 2.85. The monoisotopic (exact) mass is 387 g/mol. The van der Waals surface area contributed by atoms with Crippen molar-refractivity contribution in [3.05, 3.63) is 41.2 Å². The number of ether oxygens (including phenoxy) is 3. The zero-order valence-electron chi connectivity index (χ0n) is 15.2. The van der Waals surface area contributed by atoms with Crippen LogP contribution in [0.4, 0.5) is 5.69 Å². The van der Waals surface area contributed by atoms with Crippen molar-refractivity contribution in [3.63, 3.8) is 0 Å². The number of hydrogen-bond acceptors (Lipinski definition) is 5. The molecule has 1 aromatic carbocycles. The van der Waals surface area contributed by atoms with E-state index < -0.39 is 0 Å². The summed E-state index contributed by atoms with van der Waals surface area (Å²) in [6.45, 7) is 1.15. The van der Waals surface area contributed by atoms with Gasteiger partial charge in [0, 0.05) is 25.2 Å². The van der Waals surface area contributed by atoms with Crippen LogP contribution in [-0.2, 0) is 6.54 Å². The van der Waals surface area contributed by atoms with Crippen LogP contribution in [0.1, 0.15) is 10.5 Å². The molecule has 0 atom stereocenters. The molecule has 3 heterocycles. The molecule has 0 spiro atoms. The summed E-state index contributed by atoms with van der Waals surface area (Å²) in [6.07, 6.45) is 0. The lowest BCUT2D eigenvalue weighted by Gasteiger charge is -2.29. The highest BCUT2D eigenvalue weighted by atomic mass is 35.5. The van der Waals surface area contributed by atoms with Crippen LogP contribution in [0.3, 0.4) is 0 Å². The van der Waals surface area contributed by atoms with Crippen molar-refractivity contribution in [2.75, 3.05) is 32.8 Å². The van der Waals surface area contributed by atoms with Crippen molar-refractivity contribution in [1.29, 1.82) is 0 Å². The molecule has 0 N–H and O–H groups in total. The van der Waals surface area contributed by atoms with E-state index in [1.165, 1.54) is 0 Å². The van der Waals surface area contributed by atoms with Crippen molar-refractivity contribution in [3.8, 4) is 17.2 Å². The quantitative estimate of drug-likeness (QED) is 0.642. The van der Waals surface area contributed by atoms with Crippen LogP contribution in [0, 0.1) is 0 Å². The molecule has 0 saturated carbocycles. The Kier molecular flexibility index (Phi) is 4.31. The van der Waals surface area contributed by atoms with E-state index in [2.05, 4.69) is 4.98 Å². The van der Waals surface area contributed by atoms with Gasteiger partial charge in [-0.05, 0) is 18.2 Å². The van der Waals surface area contributed by atoms with E-state index in [9.17, 15) is 4.79 Å². The second-order valence-electron chi connectivity index (χ2n) is 6.06. The van der Waals surface area contributed by atoms with E-state index in [-0.39, 0.29) is 5.91 Å². The number of benzene rings is 1. The van der Waals surface area contributed by atoms with Crippen molar-refractivity contribution < 1.29 is 19.0 Å². The second kappa shape index (κ2) is 6.66. The number of amides is 1. The molecule has 140 valence electrons. The van der Waals surface area contributed by atoms with Crippen molar-refractivity contribution in [2.24, 2.45) is 0 Å². The first kappa shape index (κ1) is 17.5. The standard InChI is InChI=1S/C19H18ClN3O4/c1-25-15-8-11(9-16(26-2)18(15)27-3)22-6-7-23-13-4-5-17(20)21-12(13)10-14(23)19(22)24/h4-5,8-10H,6-7H2,1-3H3. The number of carbonyl (C=O) groups excluding carboxylic acids is 1. The molecule has 0 saturated heterocycles. The summed E-state index contributed by atoms with van der Waals surface area (Å²) in [4.78, 5) is 19.2. The molecule has 3 aromatic rings. The minimum absolute atomic E-state index is 0.121. The number of fused-ring (bicyclic) bond motifs is 3. The van der Waals surface area contributed by atoms with Crippen LogP contribution in [0.2, 0.25) is 5.15 Å². The Hall–Kier alpha value is -2.93. The molecule has 7 nitrogen and oxygen atoms in total. The Morgan fingerprint density at radius 3 is 2.33 bits per heavy atom. The third kappa shape index (κ3) is 2.75. The summed E-state index contributed by atoms with van der Waals surface area (Å²) in [5.74, 6) is 1.37. The average molecular weight is 388 g/mol. The number of anilines is 1. The first-order chi connectivity index (χ1) is 13.1. The van der Waals surface area contributed by atoms with E-state index in [4.69, 9.17) is 25.8 Å². The third-order valence-electron chi connectivity index (χ3n) is 4.70. The maximum atomic E-state index is 13.2. The molecule has 0 bridgehead atoms. The maximum Gasteiger partial charge on any atom is 0.275 e. The smallest absolute Gasteiger partial charge is 0.275 e. The largest absolute Gasteiger partial charge is 0.493 e. The second-order valence-corrected chi connectivity index (χ2v) is 6.45. The molecular formula is C19H18ClN3O4. The topological polar surface area (TPSA) is 65.8 Å². The number of rotatable bonds is 4. The highest BCUT2D eigenvalue weighted by Crippen LogP contribution is 2.41. The van der Waals surface area contributed by atoms with Crippen LogP contribution < -0.4 is 19.1 Å². The number of aromatic nitrogens is 2. The van der Waals surface area contributed by atoms with Crippen LogP contribution in [0.25, 0.3) is 11.0 Å². The Morgan fingerprint density at radius 2 is 1.70 bits per heavy atom. The van der Waals surface area contributed by atoms with Crippen molar-refractivity contribution in [2.45, 2.75) is 6.54 Å². The lowest BCUT2D eigenvalue weighted by Crippen LogP contribution is -2.40. The number of methoxy groups -OCH3 is 3. The summed E-state index contributed by atoms with van der Waals surface area (Å²) in [7, 11) is 4.64. The molecule has 1 amide bonds. The maximum absolute atomic E-state index is 13.2. The van der Waals surface area contributed by atoms with Gasteiger partial charge in [-0.2, -0.15) is 0 Å². The molecule has 2 aromatic heterocycles. The summed E-state index contributed by atoms with van der Waals surface area (Å²) in [6, 6.07) is 8.93. The van der Waals surface area contributed by atoms with Crippen LogP contribution in [0.15, 0.2) is 30.3 Å². The number of carbonyl (C=O) groups is 1. The van der Waals surface area contributed by atoms with Crippen LogP contribution >= 0.6 is 11.6 Å². The number of hydrogen-bond donors (Lipinski definition) is 0. The molecule has 4 rings (SSSR count). The molecule has 8 heteroatoms. The fourth-order valence-electron chi connectivity index (χ4n) is 3.44. The Labute approximate surface area is 161 Å². The normalized spacial score (nSPS) is 13.6. The average Bonchev–Trinajstić information content (AvgIpc) is 3.05. The lowest BCUT2D eigenvalue weighted by atomic mass is 10.2. The number of halogens is 1. The van der Waals surface area contributed by atoms with E-state index in [1.807, 2.05) is 10.6 Å². The lowest BCUT2D eigenvalue weighted by molar-refractivity contribution is 0.0966. The Morgan fingerprint density at radius 1 is 1.00 bits per heavy atom. The zero-order valence-corrected chi connectivity index (χ0v) is 15.9. The van der Waals surface area contributed by atoms with Gasteiger partial charge in [0.25, 0.3) is 5.91 Å². The Balaban J connectivity index is 1.79. The minimum atomic E-state index is -0.121. The van der Waals surface area contributed by atoms with E-state index in [0.717, 1.165) is 5.52 Å². The van der Waals surface area contributed by atoms with Crippen LogP contribution in [0.5, 0.6) is 17.2 Å². The van der Waals surface area contributed by atoms with Gasteiger partial charge >= 0.3 is 0 Å². The molecule has 27 heavy (non-hydrogen) atoms. The van der Waals surface area contributed by atoms with Gasteiger partial charge in [0.15, 0.2) is 11.5 Å². The highest BCUT2D eigenvalue weighted by molar-refractivity contribution is 6.29. The van der Waals surface area contributed by atoms with Crippen LogP contribution in [-0.4, -0.2) is 43.3 Å². The minimum Gasteiger partial charge on any atom is -0.493 e. The van der Waals surface area contributed by atoms with Gasteiger partial charge in [-0.15, -0.1) is 0 Å².